The van der Waals surface area contributed by atoms with Gasteiger partial charge in [-0.1, -0.05) is 31.5 Å². The van der Waals surface area contributed by atoms with E-state index in [4.69, 9.17) is 0 Å². The van der Waals surface area contributed by atoms with Crippen LogP contribution in [-0.2, 0) is 10.0 Å². The predicted molar refractivity (Wildman–Crippen MR) is 84.9 cm³/mol. The topological polar surface area (TPSA) is 77.8 Å². The fraction of sp³-hybridized carbons (Fsp3) is 0.625. The zero-order valence-electron chi connectivity index (χ0n) is 13.6. The lowest BCUT2D eigenvalue weighted by molar-refractivity contribution is -0.195. The first-order valence-electron chi connectivity index (χ1n) is 7.39. The van der Waals surface area contributed by atoms with Crippen LogP contribution in [0.1, 0.15) is 25.8 Å². The Morgan fingerprint density at radius 2 is 1.82 bits per heavy atom. The van der Waals surface area contributed by atoms with Crippen molar-refractivity contribution in [1.29, 1.82) is 0 Å². The number of aryl methyl sites for hydroxylation is 1. The molecule has 6 heteroatoms. The molecule has 0 unspecified atom stereocenters. The summed E-state index contributed by atoms with van der Waals surface area (Å²) >= 11 is 0. The Labute approximate surface area is 132 Å². The van der Waals surface area contributed by atoms with Crippen LogP contribution < -0.4 is 0 Å². The average molecular weight is 327 g/mol. The quantitative estimate of drug-likeness (QED) is 0.856. The standard InChI is InChI=1S/C16H25NO4S/c1-12-5-7-13(8-6-12)22(20,21)17(4)10-15(2)9-14(19)16(15,3)11-18/h5-8,14,18-19H,9-11H2,1-4H3/t14-,15-,16-/m1/s1. The molecule has 1 fully saturated rings. The van der Waals surface area contributed by atoms with Crippen LogP contribution in [0.3, 0.4) is 0 Å². The molecule has 0 aromatic heterocycles. The van der Waals surface area contributed by atoms with Gasteiger partial charge in [0.25, 0.3) is 0 Å². The molecule has 5 nitrogen and oxygen atoms in total. The van der Waals surface area contributed by atoms with E-state index < -0.39 is 27.0 Å². The average Bonchev–Trinajstić information content (AvgIpc) is 2.46. The van der Waals surface area contributed by atoms with E-state index in [9.17, 15) is 18.6 Å². The lowest BCUT2D eigenvalue weighted by atomic mass is 9.49. The molecule has 1 aliphatic carbocycles. The molecule has 0 amide bonds. The maximum absolute atomic E-state index is 12.6. The summed E-state index contributed by atoms with van der Waals surface area (Å²) in [6.45, 7) is 5.72. The Morgan fingerprint density at radius 3 is 2.27 bits per heavy atom. The van der Waals surface area contributed by atoms with Crippen molar-refractivity contribution < 1.29 is 18.6 Å². The van der Waals surface area contributed by atoms with Crippen molar-refractivity contribution in [2.24, 2.45) is 10.8 Å². The Kier molecular flexibility index (Phi) is 4.43. The van der Waals surface area contributed by atoms with Crippen molar-refractivity contribution in [3.8, 4) is 0 Å². The Bertz CT molecular complexity index is 643. The van der Waals surface area contributed by atoms with Crippen LogP contribution in [-0.4, -0.2) is 49.2 Å². The lowest BCUT2D eigenvalue weighted by Gasteiger charge is -2.59. The summed E-state index contributed by atoms with van der Waals surface area (Å²) in [6, 6.07) is 6.75. The minimum absolute atomic E-state index is 0.164. The zero-order valence-corrected chi connectivity index (χ0v) is 14.4. The number of nitrogens with zero attached hydrogens (tertiary/aromatic N) is 1. The van der Waals surface area contributed by atoms with Crippen molar-refractivity contribution in [2.75, 3.05) is 20.2 Å². The van der Waals surface area contributed by atoms with Crippen molar-refractivity contribution in [3.63, 3.8) is 0 Å². The van der Waals surface area contributed by atoms with Crippen LogP contribution in [0, 0.1) is 17.8 Å². The highest BCUT2D eigenvalue weighted by Crippen LogP contribution is 2.56. The van der Waals surface area contributed by atoms with E-state index >= 15 is 0 Å². The molecule has 0 spiro atoms. The first kappa shape index (κ1) is 17.4. The van der Waals surface area contributed by atoms with Gasteiger partial charge >= 0.3 is 0 Å². The van der Waals surface area contributed by atoms with E-state index in [2.05, 4.69) is 0 Å². The van der Waals surface area contributed by atoms with Crippen LogP contribution in [0.5, 0.6) is 0 Å². The third-order valence-corrected chi connectivity index (χ3v) is 7.20. The number of aliphatic hydroxyl groups is 2. The molecule has 0 heterocycles. The first-order chi connectivity index (χ1) is 10.1. The van der Waals surface area contributed by atoms with Crippen molar-refractivity contribution in [2.45, 2.75) is 38.2 Å². The summed E-state index contributed by atoms with van der Waals surface area (Å²) in [5, 5.41) is 19.5. The molecule has 2 rings (SSSR count). The van der Waals surface area contributed by atoms with Gasteiger partial charge in [0.05, 0.1) is 17.6 Å². The highest BCUT2D eigenvalue weighted by atomic mass is 32.2. The molecule has 124 valence electrons. The summed E-state index contributed by atoms with van der Waals surface area (Å²) in [4.78, 5) is 0.259. The molecular weight excluding hydrogens is 302 g/mol. The molecule has 0 bridgehead atoms. The first-order valence-corrected chi connectivity index (χ1v) is 8.83. The summed E-state index contributed by atoms with van der Waals surface area (Å²) in [7, 11) is -2.03. The van der Waals surface area contributed by atoms with Gasteiger partial charge in [0, 0.05) is 19.0 Å². The van der Waals surface area contributed by atoms with E-state index in [1.165, 1.54) is 4.31 Å². The minimum Gasteiger partial charge on any atom is -0.396 e. The Morgan fingerprint density at radius 1 is 1.27 bits per heavy atom. The van der Waals surface area contributed by atoms with E-state index in [1.54, 1.807) is 38.2 Å². The molecule has 1 aliphatic rings. The van der Waals surface area contributed by atoms with Crippen LogP contribution in [0.15, 0.2) is 29.2 Å². The molecule has 2 N–H and O–H groups in total. The van der Waals surface area contributed by atoms with Crippen molar-refractivity contribution in [3.05, 3.63) is 29.8 Å². The van der Waals surface area contributed by atoms with Crippen LogP contribution in [0.25, 0.3) is 0 Å². The number of rotatable bonds is 5. The Hall–Kier alpha value is -0.950. The maximum Gasteiger partial charge on any atom is 0.242 e. The second-order valence-corrected chi connectivity index (χ2v) is 8.98. The van der Waals surface area contributed by atoms with Gasteiger partial charge in [-0.25, -0.2) is 12.7 Å². The number of aliphatic hydroxyl groups excluding tert-OH is 2. The van der Waals surface area contributed by atoms with E-state index in [0.717, 1.165) is 5.56 Å². The van der Waals surface area contributed by atoms with Gasteiger partial charge in [-0.05, 0) is 30.9 Å². The number of hydrogen-bond donors (Lipinski definition) is 2. The summed E-state index contributed by atoms with van der Waals surface area (Å²) in [6.07, 6.45) is -0.115. The fourth-order valence-electron chi connectivity index (χ4n) is 3.16. The summed E-state index contributed by atoms with van der Waals surface area (Å²) < 4.78 is 26.6. The third kappa shape index (κ3) is 2.58. The van der Waals surface area contributed by atoms with E-state index in [0.29, 0.717) is 6.42 Å². The molecule has 0 aliphatic heterocycles. The molecule has 0 saturated heterocycles. The molecular formula is C16H25NO4S. The van der Waals surface area contributed by atoms with Gasteiger partial charge in [-0.3, -0.25) is 0 Å². The highest BCUT2D eigenvalue weighted by molar-refractivity contribution is 7.89. The maximum atomic E-state index is 12.6. The van der Waals surface area contributed by atoms with Crippen molar-refractivity contribution >= 4 is 10.0 Å². The van der Waals surface area contributed by atoms with Crippen LogP contribution >= 0.6 is 0 Å². The number of sulfonamides is 1. The van der Waals surface area contributed by atoms with E-state index in [1.807, 2.05) is 13.8 Å². The van der Waals surface area contributed by atoms with Crippen LogP contribution in [0.4, 0.5) is 0 Å². The molecule has 1 saturated carbocycles. The van der Waals surface area contributed by atoms with Gasteiger partial charge < -0.3 is 10.2 Å². The zero-order chi connectivity index (χ0) is 16.8. The largest absolute Gasteiger partial charge is 0.396 e. The van der Waals surface area contributed by atoms with Crippen LogP contribution in [0.2, 0.25) is 0 Å². The SMILES string of the molecule is Cc1ccc(S(=O)(=O)N(C)C[C@@]2(C)C[C@@H](O)[C@@]2(C)CO)cc1. The van der Waals surface area contributed by atoms with Gasteiger partial charge in [-0.15, -0.1) is 0 Å². The minimum atomic E-state index is -3.57. The smallest absolute Gasteiger partial charge is 0.242 e. The monoisotopic (exact) mass is 327 g/mol. The van der Waals surface area contributed by atoms with Crippen molar-refractivity contribution in [1.82, 2.24) is 4.31 Å². The third-order valence-electron chi connectivity index (χ3n) is 5.39. The second kappa shape index (κ2) is 5.60. The molecule has 0 radical (unpaired) electrons. The van der Waals surface area contributed by atoms with Gasteiger partial charge in [0.15, 0.2) is 0 Å². The normalized spacial score (nSPS) is 32.0. The molecule has 22 heavy (non-hydrogen) atoms. The Balaban J connectivity index is 2.22. The summed E-state index contributed by atoms with van der Waals surface area (Å²) in [5.74, 6) is 0. The van der Waals surface area contributed by atoms with Gasteiger partial charge in [0.1, 0.15) is 0 Å². The lowest BCUT2D eigenvalue weighted by Crippen LogP contribution is -2.64. The number of hydrogen-bond acceptors (Lipinski definition) is 4. The van der Waals surface area contributed by atoms with Gasteiger partial charge in [0.2, 0.25) is 10.0 Å². The van der Waals surface area contributed by atoms with E-state index in [-0.39, 0.29) is 18.0 Å². The molecule has 3 atom stereocenters. The number of benzene rings is 1. The summed E-state index contributed by atoms with van der Waals surface area (Å²) in [5.41, 5.74) is -0.124. The molecule has 1 aromatic carbocycles. The highest BCUT2D eigenvalue weighted by Gasteiger charge is 2.59. The van der Waals surface area contributed by atoms with Gasteiger partial charge in [-0.2, -0.15) is 0 Å². The molecule has 1 aromatic rings. The second-order valence-electron chi connectivity index (χ2n) is 6.93. The predicted octanol–water partition coefficient (Wildman–Crippen LogP) is 1.39. The fourth-order valence-corrected chi connectivity index (χ4v) is 4.46.